The third kappa shape index (κ3) is 4.00. The average molecular weight is 255 g/mol. The number of nitrogens with zero attached hydrogens (tertiary/aromatic N) is 1. The maximum atomic E-state index is 12.1. The number of carbonyl (C=O) groups is 2. The first-order chi connectivity index (χ1) is 8.43. The minimum Gasteiger partial charge on any atom is -0.481 e. The zero-order valence-electron chi connectivity index (χ0n) is 11.7. The molecule has 0 radical (unpaired) electrons. The number of carboxylic acid groups (broad SMARTS) is 1. The third-order valence-corrected chi connectivity index (χ3v) is 3.83. The van der Waals surface area contributed by atoms with Gasteiger partial charge < -0.3 is 10.0 Å². The zero-order chi connectivity index (χ0) is 13.7. The summed E-state index contributed by atoms with van der Waals surface area (Å²) in [6.07, 6.45) is 6.09. The van der Waals surface area contributed by atoms with Crippen LogP contribution in [0, 0.1) is 17.8 Å². The molecule has 0 spiro atoms. The Morgan fingerprint density at radius 1 is 1.22 bits per heavy atom. The highest BCUT2D eigenvalue weighted by atomic mass is 16.4. The molecule has 1 fully saturated rings. The fourth-order valence-electron chi connectivity index (χ4n) is 2.76. The summed E-state index contributed by atoms with van der Waals surface area (Å²) in [7, 11) is 1.73. The van der Waals surface area contributed by atoms with Gasteiger partial charge in [-0.05, 0) is 24.7 Å². The first kappa shape index (κ1) is 15.0. The molecule has 0 aromatic carbocycles. The van der Waals surface area contributed by atoms with E-state index in [2.05, 4.69) is 0 Å². The number of carbonyl (C=O) groups excluding carboxylic acids is 1. The van der Waals surface area contributed by atoms with Gasteiger partial charge in [-0.25, -0.2) is 0 Å². The van der Waals surface area contributed by atoms with Crippen LogP contribution >= 0.6 is 0 Å². The maximum absolute atomic E-state index is 12.1. The summed E-state index contributed by atoms with van der Waals surface area (Å²) in [5.41, 5.74) is 0. The Labute approximate surface area is 109 Å². The van der Waals surface area contributed by atoms with Crippen molar-refractivity contribution >= 4 is 11.9 Å². The number of carboxylic acids is 1. The molecule has 4 nitrogen and oxygen atoms in total. The van der Waals surface area contributed by atoms with Gasteiger partial charge in [0.2, 0.25) is 5.91 Å². The Morgan fingerprint density at radius 3 is 2.22 bits per heavy atom. The van der Waals surface area contributed by atoms with Gasteiger partial charge in [0, 0.05) is 13.6 Å². The SMILES string of the molecule is CC(C)C(C(=O)O)C(=O)N(C)CC1CCCCC1. The fraction of sp³-hybridized carbons (Fsp3) is 0.857. The van der Waals surface area contributed by atoms with E-state index in [1.807, 2.05) is 0 Å². The van der Waals surface area contributed by atoms with Crippen molar-refractivity contribution < 1.29 is 14.7 Å². The minimum absolute atomic E-state index is 0.163. The van der Waals surface area contributed by atoms with E-state index >= 15 is 0 Å². The molecule has 0 heterocycles. The van der Waals surface area contributed by atoms with Crippen molar-refractivity contribution in [1.29, 1.82) is 0 Å². The molecule has 18 heavy (non-hydrogen) atoms. The van der Waals surface area contributed by atoms with Crippen molar-refractivity contribution in [2.45, 2.75) is 46.0 Å². The van der Waals surface area contributed by atoms with Crippen LogP contribution in [0.5, 0.6) is 0 Å². The highest BCUT2D eigenvalue weighted by Gasteiger charge is 2.32. The molecule has 0 aromatic heterocycles. The van der Waals surface area contributed by atoms with E-state index < -0.39 is 11.9 Å². The average Bonchev–Trinajstić information content (AvgIpc) is 2.29. The van der Waals surface area contributed by atoms with Gasteiger partial charge in [-0.2, -0.15) is 0 Å². The third-order valence-electron chi connectivity index (χ3n) is 3.83. The predicted octanol–water partition coefficient (Wildman–Crippen LogP) is 2.38. The number of hydrogen-bond donors (Lipinski definition) is 1. The molecular weight excluding hydrogens is 230 g/mol. The van der Waals surface area contributed by atoms with Crippen molar-refractivity contribution in [1.82, 2.24) is 4.90 Å². The summed E-state index contributed by atoms with van der Waals surface area (Å²) >= 11 is 0. The van der Waals surface area contributed by atoms with Gasteiger partial charge in [-0.15, -0.1) is 0 Å². The van der Waals surface area contributed by atoms with Gasteiger partial charge >= 0.3 is 5.97 Å². The molecule has 0 bridgehead atoms. The molecule has 1 aliphatic rings. The second kappa shape index (κ2) is 6.76. The lowest BCUT2D eigenvalue weighted by Crippen LogP contribution is -2.41. The molecule has 104 valence electrons. The highest BCUT2D eigenvalue weighted by molar-refractivity contribution is 5.97. The van der Waals surface area contributed by atoms with Crippen molar-refractivity contribution in [3.63, 3.8) is 0 Å². The van der Waals surface area contributed by atoms with Gasteiger partial charge in [0.15, 0.2) is 0 Å². The molecule has 4 heteroatoms. The van der Waals surface area contributed by atoms with Crippen LogP contribution in [0.15, 0.2) is 0 Å². The van der Waals surface area contributed by atoms with Gasteiger partial charge in [-0.1, -0.05) is 33.1 Å². The minimum atomic E-state index is -1.01. The van der Waals surface area contributed by atoms with Crippen LogP contribution in [0.4, 0.5) is 0 Å². The molecule has 1 rings (SSSR count). The van der Waals surface area contributed by atoms with E-state index in [4.69, 9.17) is 5.11 Å². The molecule has 0 saturated heterocycles. The van der Waals surface area contributed by atoms with Gasteiger partial charge in [0.1, 0.15) is 5.92 Å². The normalized spacial score (nSPS) is 18.7. The Hall–Kier alpha value is -1.06. The van der Waals surface area contributed by atoms with Crippen molar-refractivity contribution in [3.05, 3.63) is 0 Å². The molecule has 1 saturated carbocycles. The summed E-state index contributed by atoms with van der Waals surface area (Å²) < 4.78 is 0. The summed E-state index contributed by atoms with van der Waals surface area (Å²) in [5, 5.41) is 9.12. The molecule has 1 aliphatic carbocycles. The van der Waals surface area contributed by atoms with Crippen LogP contribution in [0.1, 0.15) is 46.0 Å². The van der Waals surface area contributed by atoms with E-state index in [1.165, 1.54) is 19.3 Å². The van der Waals surface area contributed by atoms with E-state index in [1.54, 1.807) is 25.8 Å². The predicted molar refractivity (Wildman–Crippen MR) is 70.2 cm³/mol. The summed E-state index contributed by atoms with van der Waals surface area (Å²) in [5.74, 6) is -1.77. The van der Waals surface area contributed by atoms with Crippen LogP contribution in [0.25, 0.3) is 0 Å². The zero-order valence-corrected chi connectivity index (χ0v) is 11.7. The van der Waals surface area contributed by atoms with Crippen LogP contribution in [0.2, 0.25) is 0 Å². The highest BCUT2D eigenvalue weighted by Crippen LogP contribution is 2.25. The van der Waals surface area contributed by atoms with Crippen LogP contribution in [-0.4, -0.2) is 35.5 Å². The molecule has 1 unspecified atom stereocenters. The Morgan fingerprint density at radius 2 is 1.78 bits per heavy atom. The molecule has 0 aromatic rings. The summed E-state index contributed by atoms with van der Waals surface area (Å²) in [4.78, 5) is 24.9. The topological polar surface area (TPSA) is 57.6 Å². The van der Waals surface area contributed by atoms with E-state index in [0.29, 0.717) is 12.5 Å². The molecule has 1 N–H and O–H groups in total. The van der Waals surface area contributed by atoms with Crippen LogP contribution in [-0.2, 0) is 9.59 Å². The summed E-state index contributed by atoms with van der Waals surface area (Å²) in [6, 6.07) is 0. The first-order valence-electron chi connectivity index (χ1n) is 6.91. The Bertz CT molecular complexity index is 295. The lowest BCUT2D eigenvalue weighted by atomic mass is 9.88. The lowest BCUT2D eigenvalue weighted by molar-refractivity contribution is -0.153. The monoisotopic (exact) mass is 255 g/mol. The van der Waals surface area contributed by atoms with Crippen molar-refractivity contribution in [2.75, 3.05) is 13.6 Å². The molecule has 1 amide bonds. The van der Waals surface area contributed by atoms with E-state index in [0.717, 1.165) is 12.8 Å². The smallest absolute Gasteiger partial charge is 0.316 e. The summed E-state index contributed by atoms with van der Waals surface area (Å²) in [6.45, 7) is 4.27. The van der Waals surface area contributed by atoms with Crippen molar-refractivity contribution in [2.24, 2.45) is 17.8 Å². The van der Waals surface area contributed by atoms with Crippen LogP contribution < -0.4 is 0 Å². The second-order valence-corrected chi connectivity index (χ2v) is 5.78. The maximum Gasteiger partial charge on any atom is 0.316 e. The van der Waals surface area contributed by atoms with Gasteiger partial charge in [0.25, 0.3) is 0 Å². The molecule has 0 aliphatic heterocycles. The molecular formula is C14H25NO3. The first-order valence-corrected chi connectivity index (χ1v) is 6.91. The Balaban J connectivity index is 2.55. The number of hydrogen-bond acceptors (Lipinski definition) is 2. The number of rotatable bonds is 5. The largest absolute Gasteiger partial charge is 0.481 e. The van der Waals surface area contributed by atoms with Crippen molar-refractivity contribution in [3.8, 4) is 0 Å². The van der Waals surface area contributed by atoms with Gasteiger partial charge in [-0.3, -0.25) is 9.59 Å². The lowest BCUT2D eigenvalue weighted by Gasteiger charge is -2.29. The number of aliphatic carboxylic acids is 1. The van der Waals surface area contributed by atoms with Crippen LogP contribution in [0.3, 0.4) is 0 Å². The quantitative estimate of drug-likeness (QED) is 0.767. The second-order valence-electron chi connectivity index (χ2n) is 5.78. The standard InChI is InChI=1S/C14H25NO3/c1-10(2)12(14(17)18)13(16)15(3)9-11-7-5-4-6-8-11/h10-12H,4-9H2,1-3H3,(H,17,18). The molecule has 1 atom stereocenters. The van der Waals surface area contributed by atoms with E-state index in [9.17, 15) is 9.59 Å². The fourth-order valence-corrected chi connectivity index (χ4v) is 2.76. The van der Waals surface area contributed by atoms with Gasteiger partial charge in [0.05, 0.1) is 0 Å². The number of amides is 1. The Kier molecular flexibility index (Phi) is 5.63. The van der Waals surface area contributed by atoms with E-state index in [-0.39, 0.29) is 11.8 Å².